The highest BCUT2D eigenvalue weighted by Gasteiger charge is 2.28. The van der Waals surface area contributed by atoms with Crippen molar-refractivity contribution in [3.05, 3.63) is 12.7 Å². The molecule has 1 aliphatic rings. The van der Waals surface area contributed by atoms with Crippen LogP contribution >= 0.6 is 0 Å². The van der Waals surface area contributed by atoms with Crippen LogP contribution in [0.2, 0.25) is 0 Å². The first kappa shape index (κ1) is 7.52. The fraction of sp³-hybridized carbons (Fsp3) is 0.667. The first-order valence-electron chi connectivity index (χ1n) is 3.87. The molecule has 1 fully saturated rings. The van der Waals surface area contributed by atoms with Crippen molar-refractivity contribution in [1.82, 2.24) is 0 Å². The Labute approximate surface area is 62.1 Å². The van der Waals surface area contributed by atoms with Gasteiger partial charge in [-0.3, -0.25) is 4.79 Å². The van der Waals surface area contributed by atoms with Crippen LogP contribution in [-0.4, -0.2) is 5.78 Å². The third-order valence-electron chi connectivity index (χ3n) is 2.14. The SMILES string of the molecule is C=CC[C@@H]1C[C@@H](C)CC1=O. The van der Waals surface area contributed by atoms with Crippen molar-refractivity contribution in [3.8, 4) is 0 Å². The first-order chi connectivity index (χ1) is 4.74. The molecule has 0 spiro atoms. The van der Waals surface area contributed by atoms with Crippen LogP contribution in [-0.2, 0) is 4.79 Å². The molecule has 0 aromatic heterocycles. The van der Waals surface area contributed by atoms with Gasteiger partial charge < -0.3 is 0 Å². The molecule has 1 aliphatic carbocycles. The van der Waals surface area contributed by atoms with Gasteiger partial charge in [0.15, 0.2) is 0 Å². The first-order valence-corrected chi connectivity index (χ1v) is 3.87. The van der Waals surface area contributed by atoms with Crippen LogP contribution in [0.25, 0.3) is 0 Å². The fourth-order valence-corrected chi connectivity index (χ4v) is 1.64. The highest BCUT2D eigenvalue weighted by atomic mass is 16.1. The van der Waals surface area contributed by atoms with Crippen molar-refractivity contribution in [2.24, 2.45) is 11.8 Å². The summed E-state index contributed by atoms with van der Waals surface area (Å²) in [6, 6.07) is 0. The lowest BCUT2D eigenvalue weighted by atomic mass is 10.0. The van der Waals surface area contributed by atoms with Crippen molar-refractivity contribution >= 4 is 5.78 Å². The Morgan fingerprint density at radius 1 is 1.80 bits per heavy atom. The van der Waals surface area contributed by atoms with E-state index in [1.54, 1.807) is 0 Å². The summed E-state index contributed by atoms with van der Waals surface area (Å²) in [6.45, 7) is 5.77. The zero-order chi connectivity index (χ0) is 7.56. The summed E-state index contributed by atoms with van der Waals surface area (Å²) in [5, 5.41) is 0. The second kappa shape index (κ2) is 3.00. The predicted molar refractivity (Wildman–Crippen MR) is 41.7 cm³/mol. The van der Waals surface area contributed by atoms with Gasteiger partial charge in [0.25, 0.3) is 0 Å². The number of carbonyl (C=O) groups excluding carboxylic acids is 1. The van der Waals surface area contributed by atoms with E-state index in [1.165, 1.54) is 0 Å². The number of ketones is 1. The second-order valence-corrected chi connectivity index (χ2v) is 3.23. The van der Waals surface area contributed by atoms with Crippen molar-refractivity contribution in [1.29, 1.82) is 0 Å². The Kier molecular flexibility index (Phi) is 2.25. The molecule has 0 aliphatic heterocycles. The van der Waals surface area contributed by atoms with Gasteiger partial charge >= 0.3 is 0 Å². The van der Waals surface area contributed by atoms with E-state index in [2.05, 4.69) is 13.5 Å². The molecule has 0 unspecified atom stereocenters. The topological polar surface area (TPSA) is 17.1 Å². The third-order valence-corrected chi connectivity index (χ3v) is 2.14. The summed E-state index contributed by atoms with van der Waals surface area (Å²) in [4.78, 5) is 11.1. The molecule has 0 amide bonds. The van der Waals surface area contributed by atoms with Crippen molar-refractivity contribution in [2.45, 2.75) is 26.2 Å². The summed E-state index contributed by atoms with van der Waals surface area (Å²) < 4.78 is 0. The van der Waals surface area contributed by atoms with Gasteiger partial charge in [-0.15, -0.1) is 6.58 Å². The van der Waals surface area contributed by atoms with Gasteiger partial charge in [-0.05, 0) is 18.8 Å². The normalized spacial score (nSPS) is 32.7. The Morgan fingerprint density at radius 3 is 2.90 bits per heavy atom. The van der Waals surface area contributed by atoms with Gasteiger partial charge in [0.2, 0.25) is 0 Å². The lowest BCUT2D eigenvalue weighted by Crippen LogP contribution is -2.03. The lowest BCUT2D eigenvalue weighted by Gasteiger charge is -2.01. The van der Waals surface area contributed by atoms with Crippen molar-refractivity contribution in [2.75, 3.05) is 0 Å². The zero-order valence-electron chi connectivity index (χ0n) is 6.47. The molecule has 0 radical (unpaired) electrons. The van der Waals surface area contributed by atoms with E-state index in [9.17, 15) is 4.79 Å². The van der Waals surface area contributed by atoms with E-state index in [0.29, 0.717) is 17.6 Å². The fourth-order valence-electron chi connectivity index (χ4n) is 1.64. The Hall–Kier alpha value is -0.590. The van der Waals surface area contributed by atoms with Gasteiger partial charge in [-0.2, -0.15) is 0 Å². The van der Waals surface area contributed by atoms with E-state index in [4.69, 9.17) is 0 Å². The standard InChI is InChI=1S/C9H14O/c1-3-4-8-5-7(2)6-9(8)10/h3,7-8H,1,4-6H2,2H3/t7-,8-/m1/s1. The molecule has 0 aromatic rings. The molecule has 2 atom stereocenters. The largest absolute Gasteiger partial charge is 0.299 e. The minimum atomic E-state index is 0.299. The van der Waals surface area contributed by atoms with Crippen LogP contribution in [0.3, 0.4) is 0 Å². The molecular weight excluding hydrogens is 124 g/mol. The van der Waals surface area contributed by atoms with Crippen LogP contribution in [0, 0.1) is 11.8 Å². The molecule has 0 aromatic carbocycles. The Bertz CT molecular complexity index is 149. The van der Waals surface area contributed by atoms with Crippen molar-refractivity contribution < 1.29 is 4.79 Å². The summed E-state index contributed by atoms with van der Waals surface area (Å²) in [5.41, 5.74) is 0. The van der Waals surface area contributed by atoms with Gasteiger partial charge in [0.05, 0.1) is 0 Å². The monoisotopic (exact) mass is 138 g/mol. The second-order valence-electron chi connectivity index (χ2n) is 3.23. The molecule has 1 nitrogen and oxygen atoms in total. The summed E-state index contributed by atoms with van der Waals surface area (Å²) in [6.07, 6.45) is 4.59. The molecule has 1 heteroatoms. The average Bonchev–Trinajstić information content (AvgIpc) is 2.13. The summed E-state index contributed by atoms with van der Waals surface area (Å²) >= 11 is 0. The van der Waals surface area contributed by atoms with Gasteiger partial charge in [0, 0.05) is 12.3 Å². The minimum absolute atomic E-state index is 0.299. The minimum Gasteiger partial charge on any atom is -0.299 e. The summed E-state index contributed by atoms with van der Waals surface area (Å²) in [7, 11) is 0. The molecule has 10 heavy (non-hydrogen) atoms. The molecule has 0 saturated heterocycles. The highest BCUT2D eigenvalue weighted by Crippen LogP contribution is 2.29. The average molecular weight is 138 g/mol. The smallest absolute Gasteiger partial charge is 0.136 e. The van der Waals surface area contributed by atoms with Crippen LogP contribution in [0.1, 0.15) is 26.2 Å². The molecule has 0 bridgehead atoms. The maximum atomic E-state index is 11.1. The highest BCUT2D eigenvalue weighted by molar-refractivity contribution is 5.83. The zero-order valence-corrected chi connectivity index (χ0v) is 6.47. The maximum absolute atomic E-state index is 11.1. The Balaban J connectivity index is 2.46. The number of Topliss-reactive ketones (excluding diaryl/α,β-unsaturated/α-hetero) is 1. The summed E-state index contributed by atoms with van der Waals surface area (Å²) in [5.74, 6) is 1.34. The molecule has 0 heterocycles. The molecule has 1 rings (SSSR count). The number of carbonyl (C=O) groups is 1. The van der Waals surface area contributed by atoms with E-state index >= 15 is 0 Å². The van der Waals surface area contributed by atoms with E-state index in [1.807, 2.05) is 6.08 Å². The quantitative estimate of drug-likeness (QED) is 0.534. The number of hydrogen-bond acceptors (Lipinski definition) is 1. The van der Waals surface area contributed by atoms with Crippen LogP contribution in [0.5, 0.6) is 0 Å². The van der Waals surface area contributed by atoms with Crippen molar-refractivity contribution in [3.63, 3.8) is 0 Å². The molecule has 56 valence electrons. The van der Waals surface area contributed by atoms with E-state index in [0.717, 1.165) is 19.3 Å². The van der Waals surface area contributed by atoms with E-state index < -0.39 is 0 Å². The molecular formula is C9H14O. The van der Waals surface area contributed by atoms with Crippen LogP contribution in [0.15, 0.2) is 12.7 Å². The molecule has 0 N–H and O–H groups in total. The molecule has 1 saturated carbocycles. The van der Waals surface area contributed by atoms with Gasteiger partial charge in [-0.25, -0.2) is 0 Å². The lowest BCUT2D eigenvalue weighted by molar-refractivity contribution is -0.120. The van der Waals surface area contributed by atoms with E-state index in [-0.39, 0.29) is 0 Å². The van der Waals surface area contributed by atoms with Gasteiger partial charge in [-0.1, -0.05) is 13.0 Å². The number of hydrogen-bond donors (Lipinski definition) is 0. The third kappa shape index (κ3) is 1.47. The van der Waals surface area contributed by atoms with Crippen LogP contribution < -0.4 is 0 Å². The Morgan fingerprint density at radius 2 is 2.50 bits per heavy atom. The maximum Gasteiger partial charge on any atom is 0.136 e. The number of rotatable bonds is 2. The van der Waals surface area contributed by atoms with Crippen LogP contribution in [0.4, 0.5) is 0 Å². The predicted octanol–water partition coefficient (Wildman–Crippen LogP) is 2.18. The number of allylic oxidation sites excluding steroid dienone is 1. The van der Waals surface area contributed by atoms with Gasteiger partial charge in [0.1, 0.15) is 5.78 Å².